The van der Waals surface area contributed by atoms with Gasteiger partial charge in [0, 0.05) is 37.2 Å². The summed E-state index contributed by atoms with van der Waals surface area (Å²) in [5, 5.41) is 21.9. The zero-order valence-electron chi connectivity index (χ0n) is 20.8. The molecule has 0 bridgehead atoms. The fourth-order valence-electron chi connectivity index (χ4n) is 4.78. The minimum absolute atomic E-state index is 0.111. The number of hydrogen-bond donors (Lipinski definition) is 2. The van der Waals surface area contributed by atoms with E-state index in [1.807, 2.05) is 51.2 Å². The maximum atomic E-state index is 13.8. The van der Waals surface area contributed by atoms with Crippen LogP contribution in [0.5, 0.6) is 0 Å². The Bertz CT molecular complexity index is 1210. The highest BCUT2D eigenvalue weighted by Crippen LogP contribution is 2.40. The molecule has 0 spiro atoms. The molecule has 2 aromatic heterocycles. The van der Waals surface area contributed by atoms with Crippen molar-refractivity contribution in [2.45, 2.75) is 70.7 Å². The average molecular weight is 493 g/mol. The molecule has 0 unspecified atom stereocenters. The van der Waals surface area contributed by atoms with Crippen LogP contribution in [0.1, 0.15) is 63.3 Å². The minimum atomic E-state index is -0.760. The molecule has 3 aromatic rings. The fraction of sp³-hybridized carbons (Fsp3) is 0.500. The second-order valence-electron chi connectivity index (χ2n) is 10.8. The summed E-state index contributed by atoms with van der Waals surface area (Å²) in [6.45, 7) is 6.33. The molecule has 190 valence electrons. The van der Waals surface area contributed by atoms with Gasteiger partial charge < -0.3 is 19.7 Å². The van der Waals surface area contributed by atoms with Crippen molar-refractivity contribution >= 4 is 11.8 Å². The predicted molar refractivity (Wildman–Crippen MR) is 130 cm³/mol. The van der Waals surface area contributed by atoms with Gasteiger partial charge in [0.1, 0.15) is 12.1 Å². The molecule has 10 nitrogen and oxygen atoms in total. The van der Waals surface area contributed by atoms with Crippen molar-refractivity contribution in [1.29, 1.82) is 0 Å². The summed E-state index contributed by atoms with van der Waals surface area (Å²) >= 11 is 0. The number of benzene rings is 1. The molecule has 3 heterocycles. The molecule has 2 fully saturated rings. The van der Waals surface area contributed by atoms with E-state index < -0.39 is 23.6 Å². The molecule has 5 rings (SSSR count). The number of rotatable bonds is 7. The number of aliphatic hydroxyl groups excluding tert-OH is 1. The molecule has 3 atom stereocenters. The van der Waals surface area contributed by atoms with Crippen molar-refractivity contribution in [1.82, 2.24) is 30.2 Å². The number of hydrogen-bond acceptors (Lipinski definition) is 7. The number of nitrogens with one attached hydrogen (secondary N) is 1. The second-order valence-corrected chi connectivity index (χ2v) is 10.8. The standard InChI is InChI=1S/C26H32N6O4/c1-26(2,3)23(32-14-20(29-30-32)17-8-9-17)25(35)31-13-19(33)10-21(31)24(34)28-11-16-4-6-18(7-5-16)22-12-27-15-36-22/h4-7,12,14-15,17,19,21,23,33H,8-11,13H2,1-3H3,(H,28,34)/t19-,21+,23-/m1/s1. The lowest BCUT2D eigenvalue weighted by Gasteiger charge is -2.34. The summed E-state index contributed by atoms with van der Waals surface area (Å²) in [6, 6.07) is 6.22. The Kier molecular flexibility index (Phi) is 6.38. The zero-order chi connectivity index (χ0) is 25.4. The quantitative estimate of drug-likeness (QED) is 0.519. The number of oxazole rings is 1. The van der Waals surface area contributed by atoms with Crippen LogP contribution in [0.3, 0.4) is 0 Å². The molecular formula is C26H32N6O4. The number of carbonyl (C=O) groups is 2. The number of likely N-dealkylation sites (tertiary alicyclic amines) is 1. The van der Waals surface area contributed by atoms with Crippen molar-refractivity contribution < 1.29 is 19.1 Å². The molecule has 1 aromatic carbocycles. The van der Waals surface area contributed by atoms with E-state index in [-0.39, 0.29) is 24.8 Å². The third-order valence-electron chi connectivity index (χ3n) is 6.84. The van der Waals surface area contributed by atoms with E-state index in [2.05, 4.69) is 20.6 Å². The highest BCUT2D eigenvalue weighted by molar-refractivity contribution is 5.90. The second kappa shape index (κ2) is 9.50. The monoisotopic (exact) mass is 492 g/mol. The van der Waals surface area contributed by atoms with Gasteiger partial charge in [-0.1, -0.05) is 50.3 Å². The third-order valence-corrected chi connectivity index (χ3v) is 6.84. The number of nitrogens with zero attached hydrogens (tertiary/aromatic N) is 5. The van der Waals surface area contributed by atoms with Gasteiger partial charge in [-0.3, -0.25) is 9.59 Å². The maximum Gasteiger partial charge on any atom is 0.248 e. The van der Waals surface area contributed by atoms with Gasteiger partial charge in [0.05, 0.1) is 18.0 Å². The Morgan fingerprint density at radius 3 is 2.61 bits per heavy atom. The molecule has 1 saturated carbocycles. The largest absolute Gasteiger partial charge is 0.444 e. The van der Waals surface area contributed by atoms with E-state index in [1.165, 1.54) is 11.3 Å². The summed E-state index contributed by atoms with van der Waals surface area (Å²) in [5.74, 6) is 0.572. The number of β-amino-alcohol motifs (C(OH)–C–C–N with tert-alkyl or cyclic N) is 1. The Hall–Kier alpha value is -3.53. The first-order chi connectivity index (χ1) is 17.2. The average Bonchev–Trinajstić information content (AvgIpc) is 3.22. The summed E-state index contributed by atoms with van der Waals surface area (Å²) in [5.41, 5.74) is 2.24. The normalized spacial score (nSPS) is 20.9. The van der Waals surface area contributed by atoms with Crippen LogP contribution in [-0.4, -0.2) is 60.5 Å². The van der Waals surface area contributed by atoms with Crippen LogP contribution >= 0.6 is 0 Å². The van der Waals surface area contributed by atoms with Crippen molar-refractivity contribution in [3.05, 3.63) is 54.3 Å². The molecular weight excluding hydrogens is 460 g/mol. The van der Waals surface area contributed by atoms with Crippen molar-refractivity contribution in [2.24, 2.45) is 5.41 Å². The molecule has 1 aliphatic heterocycles. The van der Waals surface area contributed by atoms with E-state index in [0.717, 1.165) is 29.7 Å². The van der Waals surface area contributed by atoms with Gasteiger partial charge in [-0.25, -0.2) is 9.67 Å². The van der Waals surface area contributed by atoms with Gasteiger partial charge >= 0.3 is 0 Å². The predicted octanol–water partition coefficient (Wildman–Crippen LogP) is 2.68. The molecule has 10 heteroatoms. The molecule has 2 aliphatic rings. The van der Waals surface area contributed by atoms with E-state index >= 15 is 0 Å². The van der Waals surface area contributed by atoms with Crippen LogP contribution in [0.4, 0.5) is 0 Å². The van der Waals surface area contributed by atoms with Crippen LogP contribution < -0.4 is 5.32 Å². The van der Waals surface area contributed by atoms with E-state index in [4.69, 9.17) is 4.42 Å². The first-order valence-corrected chi connectivity index (χ1v) is 12.4. The number of carbonyl (C=O) groups excluding carboxylic acids is 2. The van der Waals surface area contributed by atoms with Crippen LogP contribution in [0.2, 0.25) is 0 Å². The first-order valence-electron chi connectivity index (χ1n) is 12.4. The fourth-order valence-corrected chi connectivity index (χ4v) is 4.78. The molecule has 2 N–H and O–H groups in total. The lowest BCUT2D eigenvalue weighted by atomic mass is 9.85. The number of aromatic nitrogens is 4. The van der Waals surface area contributed by atoms with Crippen LogP contribution in [0.25, 0.3) is 11.3 Å². The Balaban J connectivity index is 1.28. The smallest absolute Gasteiger partial charge is 0.248 e. The molecule has 1 saturated heterocycles. The zero-order valence-corrected chi connectivity index (χ0v) is 20.8. The highest BCUT2D eigenvalue weighted by Gasteiger charge is 2.45. The lowest BCUT2D eigenvalue weighted by Crippen LogP contribution is -2.50. The lowest BCUT2D eigenvalue weighted by molar-refractivity contribution is -0.144. The molecule has 0 radical (unpaired) electrons. The highest BCUT2D eigenvalue weighted by atomic mass is 16.3. The van der Waals surface area contributed by atoms with E-state index in [1.54, 1.807) is 10.9 Å². The van der Waals surface area contributed by atoms with Gasteiger partial charge in [0.25, 0.3) is 0 Å². The van der Waals surface area contributed by atoms with Crippen LogP contribution in [0.15, 0.2) is 47.5 Å². The minimum Gasteiger partial charge on any atom is -0.444 e. The molecule has 2 amide bonds. The summed E-state index contributed by atoms with van der Waals surface area (Å²) < 4.78 is 6.94. The molecule has 1 aliphatic carbocycles. The van der Waals surface area contributed by atoms with Gasteiger partial charge in [-0.15, -0.1) is 5.10 Å². The Morgan fingerprint density at radius 1 is 1.22 bits per heavy atom. The van der Waals surface area contributed by atoms with Crippen LogP contribution in [-0.2, 0) is 16.1 Å². The van der Waals surface area contributed by atoms with Gasteiger partial charge in [-0.05, 0) is 23.8 Å². The summed E-state index contributed by atoms with van der Waals surface area (Å²) in [6.07, 6.45) is 6.51. The van der Waals surface area contributed by atoms with Crippen LogP contribution in [0, 0.1) is 5.41 Å². The summed E-state index contributed by atoms with van der Waals surface area (Å²) in [7, 11) is 0. The topological polar surface area (TPSA) is 126 Å². The number of amides is 2. The van der Waals surface area contributed by atoms with Gasteiger partial charge in [-0.2, -0.15) is 0 Å². The first kappa shape index (κ1) is 24.2. The summed E-state index contributed by atoms with van der Waals surface area (Å²) in [4.78, 5) is 32.4. The van der Waals surface area contributed by atoms with Crippen molar-refractivity contribution in [3.63, 3.8) is 0 Å². The third kappa shape index (κ3) is 5.04. The van der Waals surface area contributed by atoms with Gasteiger partial charge in [0.15, 0.2) is 12.2 Å². The van der Waals surface area contributed by atoms with Crippen molar-refractivity contribution in [3.8, 4) is 11.3 Å². The van der Waals surface area contributed by atoms with Gasteiger partial charge in [0.2, 0.25) is 11.8 Å². The molecule has 36 heavy (non-hydrogen) atoms. The Morgan fingerprint density at radius 2 is 1.97 bits per heavy atom. The maximum absolute atomic E-state index is 13.8. The Labute approximate surface area is 209 Å². The SMILES string of the molecule is CC(C)(C)[C@@H](C(=O)N1C[C@H](O)C[C@H]1C(=O)NCc1ccc(-c2cnco2)cc1)n1cc(C2CC2)nn1. The van der Waals surface area contributed by atoms with E-state index in [0.29, 0.717) is 18.2 Å². The van der Waals surface area contributed by atoms with E-state index in [9.17, 15) is 14.7 Å². The number of aliphatic hydroxyl groups is 1. The van der Waals surface area contributed by atoms with Crippen molar-refractivity contribution in [2.75, 3.05) is 6.54 Å².